The number of benzene rings is 2. The molecule has 2 N–H and O–H groups in total. The molecule has 2 rings (SSSR count). The van der Waals surface area contributed by atoms with E-state index in [-0.39, 0.29) is 4.90 Å². The molecule has 0 heterocycles. The Morgan fingerprint density at radius 1 is 1.00 bits per heavy atom. The minimum Gasteiger partial charge on any atom is -0.388 e. The van der Waals surface area contributed by atoms with Crippen molar-refractivity contribution in [3.8, 4) is 0 Å². The molecule has 0 amide bonds. The van der Waals surface area contributed by atoms with E-state index in [2.05, 4.69) is 17.0 Å². The molecule has 21 heavy (non-hydrogen) atoms. The van der Waals surface area contributed by atoms with Gasteiger partial charge >= 0.3 is 0 Å². The van der Waals surface area contributed by atoms with Crippen LogP contribution in [0.5, 0.6) is 0 Å². The Balaban J connectivity index is 2.28. The molecule has 0 saturated heterocycles. The monoisotopic (exact) mass is 304 g/mol. The largest absolute Gasteiger partial charge is 0.388 e. The molecular weight excluding hydrogens is 284 g/mol. The van der Waals surface area contributed by atoms with Crippen LogP contribution < -0.4 is 10.0 Å². The maximum atomic E-state index is 12.4. The molecule has 112 valence electrons. The van der Waals surface area contributed by atoms with Gasteiger partial charge < -0.3 is 5.32 Å². The van der Waals surface area contributed by atoms with Gasteiger partial charge in [0.05, 0.1) is 10.6 Å². The summed E-state index contributed by atoms with van der Waals surface area (Å²) in [5, 5.41) is 2.97. The highest BCUT2D eigenvalue weighted by molar-refractivity contribution is 7.92. The van der Waals surface area contributed by atoms with Gasteiger partial charge in [-0.15, -0.1) is 0 Å². The minimum absolute atomic E-state index is 0.257. The Bertz CT molecular complexity index is 694. The van der Waals surface area contributed by atoms with Crippen LogP contribution >= 0.6 is 0 Å². The van der Waals surface area contributed by atoms with Crippen LogP contribution in [0.4, 0.5) is 11.4 Å². The molecule has 0 aliphatic carbocycles. The van der Waals surface area contributed by atoms with Crippen LogP contribution in [0.2, 0.25) is 0 Å². The van der Waals surface area contributed by atoms with Crippen molar-refractivity contribution in [2.75, 3.05) is 17.1 Å². The number of para-hydroxylation sites is 1. The summed E-state index contributed by atoms with van der Waals surface area (Å²) in [6.45, 7) is 2.07. The van der Waals surface area contributed by atoms with Gasteiger partial charge in [0.2, 0.25) is 0 Å². The maximum absolute atomic E-state index is 12.4. The molecule has 0 aliphatic rings. The molecule has 0 atom stereocenters. The summed E-state index contributed by atoms with van der Waals surface area (Å²) in [7, 11) is -1.76. The Labute approximate surface area is 126 Å². The van der Waals surface area contributed by atoms with Gasteiger partial charge in [-0.05, 0) is 42.3 Å². The second kappa shape index (κ2) is 6.63. The smallest absolute Gasteiger partial charge is 0.261 e. The Morgan fingerprint density at radius 2 is 1.67 bits per heavy atom. The summed E-state index contributed by atoms with van der Waals surface area (Å²) >= 11 is 0. The molecule has 0 saturated carbocycles. The van der Waals surface area contributed by atoms with Crippen LogP contribution in [0.15, 0.2) is 53.4 Å². The standard InChI is InChI=1S/C16H20N2O2S/c1-3-6-13-7-4-5-8-16(13)18-21(19,20)15-11-9-14(17-2)10-12-15/h4-5,7-12,17-18H,3,6H2,1-2H3. The zero-order valence-corrected chi connectivity index (χ0v) is 13.1. The zero-order chi connectivity index (χ0) is 15.3. The first kappa shape index (κ1) is 15.4. The number of hydrogen-bond donors (Lipinski definition) is 2. The first-order valence-electron chi connectivity index (χ1n) is 6.95. The van der Waals surface area contributed by atoms with Crippen LogP contribution in [-0.4, -0.2) is 15.5 Å². The van der Waals surface area contributed by atoms with Crippen molar-refractivity contribution >= 4 is 21.4 Å². The quantitative estimate of drug-likeness (QED) is 0.859. The zero-order valence-electron chi connectivity index (χ0n) is 12.3. The first-order chi connectivity index (χ1) is 10.1. The van der Waals surface area contributed by atoms with Crippen molar-refractivity contribution in [2.24, 2.45) is 0 Å². The Kier molecular flexibility index (Phi) is 4.85. The normalized spacial score (nSPS) is 11.1. The fourth-order valence-corrected chi connectivity index (χ4v) is 3.21. The highest BCUT2D eigenvalue weighted by atomic mass is 32.2. The molecule has 0 unspecified atom stereocenters. The molecule has 0 spiro atoms. The third-order valence-corrected chi connectivity index (χ3v) is 4.62. The first-order valence-corrected chi connectivity index (χ1v) is 8.43. The molecule has 2 aromatic carbocycles. The van der Waals surface area contributed by atoms with Gasteiger partial charge in [0.25, 0.3) is 10.0 Å². The van der Waals surface area contributed by atoms with Crippen molar-refractivity contribution in [3.05, 3.63) is 54.1 Å². The highest BCUT2D eigenvalue weighted by Gasteiger charge is 2.15. The minimum atomic E-state index is -3.56. The molecule has 2 aromatic rings. The fourth-order valence-electron chi connectivity index (χ4n) is 2.11. The van der Waals surface area contributed by atoms with Crippen LogP contribution in [0.25, 0.3) is 0 Å². The van der Waals surface area contributed by atoms with Gasteiger partial charge in [0.1, 0.15) is 0 Å². The Morgan fingerprint density at radius 3 is 2.29 bits per heavy atom. The number of sulfonamides is 1. The predicted molar refractivity (Wildman–Crippen MR) is 87.2 cm³/mol. The van der Waals surface area contributed by atoms with E-state index in [4.69, 9.17) is 0 Å². The topological polar surface area (TPSA) is 58.2 Å². The Hall–Kier alpha value is -2.01. The number of rotatable bonds is 6. The van der Waals surface area contributed by atoms with E-state index in [0.29, 0.717) is 5.69 Å². The lowest BCUT2D eigenvalue weighted by Crippen LogP contribution is -2.14. The van der Waals surface area contributed by atoms with Crippen molar-refractivity contribution < 1.29 is 8.42 Å². The van der Waals surface area contributed by atoms with Crippen LogP contribution in [0, 0.1) is 0 Å². The van der Waals surface area contributed by atoms with E-state index in [1.54, 1.807) is 37.4 Å². The van der Waals surface area contributed by atoms with E-state index >= 15 is 0 Å². The average molecular weight is 304 g/mol. The van der Waals surface area contributed by atoms with Gasteiger partial charge in [-0.25, -0.2) is 8.42 Å². The summed E-state index contributed by atoms with van der Waals surface area (Å²) in [4.78, 5) is 0.257. The predicted octanol–water partition coefficient (Wildman–Crippen LogP) is 3.48. The third kappa shape index (κ3) is 3.76. The second-order valence-electron chi connectivity index (χ2n) is 4.79. The van der Waals surface area contributed by atoms with Gasteiger partial charge in [0.15, 0.2) is 0 Å². The van der Waals surface area contributed by atoms with Crippen LogP contribution in [0.3, 0.4) is 0 Å². The summed E-state index contributed by atoms with van der Waals surface area (Å²) in [5.74, 6) is 0. The molecular formula is C16H20N2O2S. The van der Waals surface area contributed by atoms with E-state index in [1.165, 1.54) is 0 Å². The van der Waals surface area contributed by atoms with Crippen molar-refractivity contribution in [1.82, 2.24) is 0 Å². The van der Waals surface area contributed by atoms with Gasteiger partial charge in [-0.2, -0.15) is 0 Å². The third-order valence-electron chi connectivity index (χ3n) is 3.23. The number of anilines is 2. The van der Waals surface area contributed by atoms with Crippen LogP contribution in [-0.2, 0) is 16.4 Å². The van der Waals surface area contributed by atoms with Gasteiger partial charge in [0, 0.05) is 12.7 Å². The lowest BCUT2D eigenvalue weighted by Gasteiger charge is -2.12. The average Bonchev–Trinajstić information content (AvgIpc) is 2.49. The van der Waals surface area contributed by atoms with E-state index < -0.39 is 10.0 Å². The molecule has 0 aromatic heterocycles. The van der Waals surface area contributed by atoms with Crippen molar-refractivity contribution in [2.45, 2.75) is 24.7 Å². The van der Waals surface area contributed by atoms with E-state index in [0.717, 1.165) is 24.1 Å². The summed E-state index contributed by atoms with van der Waals surface area (Å²) in [6.07, 6.45) is 1.81. The van der Waals surface area contributed by atoms with Crippen molar-refractivity contribution in [1.29, 1.82) is 0 Å². The van der Waals surface area contributed by atoms with Crippen molar-refractivity contribution in [3.63, 3.8) is 0 Å². The molecule has 0 bridgehead atoms. The highest BCUT2D eigenvalue weighted by Crippen LogP contribution is 2.22. The molecule has 4 nitrogen and oxygen atoms in total. The fraction of sp³-hybridized carbons (Fsp3) is 0.250. The van der Waals surface area contributed by atoms with Gasteiger partial charge in [-0.3, -0.25) is 4.72 Å². The number of hydrogen-bond acceptors (Lipinski definition) is 3. The van der Waals surface area contributed by atoms with E-state index in [1.807, 2.05) is 18.2 Å². The maximum Gasteiger partial charge on any atom is 0.261 e. The van der Waals surface area contributed by atoms with E-state index in [9.17, 15) is 8.42 Å². The second-order valence-corrected chi connectivity index (χ2v) is 6.47. The lowest BCUT2D eigenvalue weighted by atomic mass is 10.1. The molecule has 0 radical (unpaired) electrons. The summed E-state index contributed by atoms with van der Waals surface area (Å²) < 4.78 is 27.5. The SMILES string of the molecule is CCCc1ccccc1NS(=O)(=O)c1ccc(NC)cc1. The number of nitrogens with one attached hydrogen (secondary N) is 2. The molecule has 0 fully saturated rings. The lowest BCUT2D eigenvalue weighted by molar-refractivity contribution is 0.601. The molecule has 0 aliphatic heterocycles. The summed E-state index contributed by atoms with van der Waals surface area (Å²) in [6, 6.07) is 14.2. The summed E-state index contributed by atoms with van der Waals surface area (Å²) in [5.41, 5.74) is 2.53. The van der Waals surface area contributed by atoms with Gasteiger partial charge in [-0.1, -0.05) is 31.5 Å². The molecule has 5 heteroatoms. The number of aryl methyl sites for hydroxylation is 1. The van der Waals surface area contributed by atoms with Crippen LogP contribution in [0.1, 0.15) is 18.9 Å².